The maximum Gasteiger partial charge on any atom is 0.259 e. The minimum absolute atomic E-state index is 0.0685. The van der Waals surface area contributed by atoms with Gasteiger partial charge in [-0.1, -0.05) is 19.9 Å². The molecule has 2 aromatic carbocycles. The monoisotopic (exact) mass is 531 g/mol. The Labute approximate surface area is 227 Å². The molecule has 0 fully saturated rings. The second kappa shape index (κ2) is 11.6. The number of carbonyl (C=O) groups excluding carboxylic acids is 2. The lowest BCUT2D eigenvalue weighted by molar-refractivity contribution is -0.127. The molecule has 204 valence electrons. The molecule has 2 heterocycles. The minimum Gasteiger partial charge on any atom is -0.387 e. The molecule has 3 N–H and O–H groups in total. The number of aromatic nitrogens is 1. The van der Waals surface area contributed by atoms with Gasteiger partial charge in [-0.25, -0.2) is 9.38 Å². The van der Waals surface area contributed by atoms with Crippen molar-refractivity contribution in [3.05, 3.63) is 69.4 Å². The number of likely N-dealkylation sites (N-methyl/N-ethyl adjacent to an activating group) is 1. The quantitative estimate of drug-likeness (QED) is 0.452. The number of carbonyl (C=O) groups is 2. The first-order chi connectivity index (χ1) is 18.7. The van der Waals surface area contributed by atoms with Gasteiger partial charge in [-0.05, 0) is 72.7 Å². The highest BCUT2D eigenvalue weighted by molar-refractivity contribution is 6.05. The van der Waals surface area contributed by atoms with Crippen molar-refractivity contribution in [1.82, 2.24) is 14.8 Å². The second-order valence-corrected chi connectivity index (χ2v) is 9.78. The van der Waals surface area contributed by atoms with E-state index in [1.54, 1.807) is 36.1 Å². The third kappa shape index (κ3) is 5.77. The summed E-state index contributed by atoms with van der Waals surface area (Å²) in [5.41, 5.74) is 8.80. The molecule has 39 heavy (non-hydrogen) atoms. The summed E-state index contributed by atoms with van der Waals surface area (Å²) in [5.74, 6) is -0.691. The number of aryl methyl sites for hydroxylation is 1. The molecule has 2 amide bonds. The zero-order chi connectivity index (χ0) is 28.3. The van der Waals surface area contributed by atoms with Crippen molar-refractivity contribution in [1.29, 1.82) is 0 Å². The Kier molecular flexibility index (Phi) is 8.28. The van der Waals surface area contributed by atoms with Crippen LogP contribution in [0.5, 0.6) is 0 Å². The van der Waals surface area contributed by atoms with Crippen LogP contribution in [0.15, 0.2) is 51.8 Å². The molecule has 0 aliphatic carbocycles. The van der Waals surface area contributed by atoms with E-state index >= 15 is 4.39 Å². The average molecular weight is 532 g/mol. The van der Waals surface area contributed by atoms with Gasteiger partial charge in [0, 0.05) is 48.8 Å². The van der Waals surface area contributed by atoms with E-state index in [0.29, 0.717) is 51.9 Å². The van der Waals surface area contributed by atoms with Crippen molar-refractivity contribution in [2.45, 2.75) is 46.6 Å². The molecule has 4 rings (SSSR count). The van der Waals surface area contributed by atoms with Crippen LogP contribution in [0.4, 0.5) is 10.1 Å². The topological polar surface area (TPSA) is 110 Å². The summed E-state index contributed by atoms with van der Waals surface area (Å²) in [6.07, 6.45) is 3.36. The number of nitrogens with one attached hydrogen (secondary N) is 1. The molecule has 0 unspecified atom stereocenters. The Hall–Kier alpha value is -4.27. The maximum absolute atomic E-state index is 15.5. The average Bonchev–Trinajstić information content (AvgIpc) is 3.08. The molecular weight excluding hydrogens is 497 g/mol. The molecule has 8 nitrogen and oxygen atoms in total. The molecule has 1 aromatic heterocycles. The number of hydrogen-bond donors (Lipinski definition) is 2. The van der Waals surface area contributed by atoms with E-state index in [4.69, 9.17) is 5.73 Å². The number of hydrogen-bond acceptors (Lipinski definition) is 5. The largest absolute Gasteiger partial charge is 0.387 e. The zero-order valence-corrected chi connectivity index (χ0v) is 22.8. The van der Waals surface area contributed by atoms with Gasteiger partial charge in [0.05, 0.1) is 5.69 Å². The van der Waals surface area contributed by atoms with Gasteiger partial charge in [-0.15, -0.1) is 0 Å². The van der Waals surface area contributed by atoms with Crippen molar-refractivity contribution in [2.24, 2.45) is 10.7 Å². The molecule has 0 radical (unpaired) electrons. The molecular formula is C30H34FN5O3. The number of nitrogens with zero attached hydrogens (tertiary/aromatic N) is 3. The number of aliphatic imine (C=N–C) groups is 1. The van der Waals surface area contributed by atoms with Gasteiger partial charge in [-0.2, -0.15) is 0 Å². The first-order valence-electron chi connectivity index (χ1n) is 13.2. The Balaban J connectivity index is 1.76. The van der Waals surface area contributed by atoms with Gasteiger partial charge in [-0.3, -0.25) is 14.4 Å². The van der Waals surface area contributed by atoms with Crippen LogP contribution in [0.2, 0.25) is 0 Å². The van der Waals surface area contributed by atoms with Gasteiger partial charge in [0.1, 0.15) is 18.2 Å². The van der Waals surface area contributed by atoms with Crippen LogP contribution in [-0.2, 0) is 16.1 Å². The Morgan fingerprint density at radius 2 is 1.82 bits per heavy atom. The summed E-state index contributed by atoms with van der Waals surface area (Å²) in [7, 11) is 1.52. The summed E-state index contributed by atoms with van der Waals surface area (Å²) in [5, 5.41) is 3.67. The fourth-order valence-electron chi connectivity index (χ4n) is 4.90. The molecule has 0 saturated heterocycles. The highest BCUT2D eigenvalue weighted by Gasteiger charge is 2.23. The number of halogens is 1. The number of fused-ring (bicyclic) bond motifs is 2. The highest BCUT2D eigenvalue weighted by atomic mass is 19.1. The lowest BCUT2D eigenvalue weighted by atomic mass is 9.98. The van der Waals surface area contributed by atoms with Crippen LogP contribution in [0.3, 0.4) is 0 Å². The fourth-order valence-corrected chi connectivity index (χ4v) is 4.90. The van der Waals surface area contributed by atoms with E-state index in [-0.39, 0.29) is 41.7 Å². The van der Waals surface area contributed by atoms with E-state index in [2.05, 4.69) is 10.3 Å². The van der Waals surface area contributed by atoms with Crippen molar-refractivity contribution in [2.75, 3.05) is 20.1 Å². The van der Waals surface area contributed by atoms with Crippen LogP contribution in [0.25, 0.3) is 28.0 Å². The Bertz CT molecular complexity index is 1570. The number of amidine groups is 1. The first kappa shape index (κ1) is 27.8. The summed E-state index contributed by atoms with van der Waals surface area (Å²) in [6.45, 7) is 6.96. The van der Waals surface area contributed by atoms with E-state index < -0.39 is 5.82 Å². The summed E-state index contributed by atoms with van der Waals surface area (Å²) in [4.78, 5) is 44.4. The standard InChI is InChI=1S/C30H34FN5O3/c1-5-9-35(10-6-2)29(38)22-13-24-25(31)14-20(15-26(24)34-27(32)16-22)19-7-8-23-21(12-19)11-18(3)36(30(23)39)17-28(37)33-4/h7-8,11-15H,5-6,9-10,16-17H2,1-4H3,(H2,32,34)(H,33,37). The molecule has 1 aliphatic rings. The predicted octanol–water partition coefficient (Wildman–Crippen LogP) is 4.29. The van der Waals surface area contributed by atoms with Gasteiger partial charge >= 0.3 is 0 Å². The zero-order valence-electron chi connectivity index (χ0n) is 22.8. The first-order valence-corrected chi connectivity index (χ1v) is 13.2. The number of amides is 2. The van der Waals surface area contributed by atoms with Crippen LogP contribution in [-0.4, -0.2) is 47.3 Å². The van der Waals surface area contributed by atoms with E-state index in [1.165, 1.54) is 17.7 Å². The van der Waals surface area contributed by atoms with Crippen molar-refractivity contribution >= 4 is 40.2 Å². The minimum atomic E-state index is -0.513. The highest BCUT2D eigenvalue weighted by Crippen LogP contribution is 2.35. The lowest BCUT2D eigenvalue weighted by Gasteiger charge is -2.22. The Morgan fingerprint density at radius 3 is 2.49 bits per heavy atom. The SMILES string of the molecule is CCCN(CCC)C(=O)C1=Cc2c(F)cc(-c3ccc4c(=O)n(CC(=O)NC)c(C)cc4c3)cc2N=C(N)C1. The third-order valence-corrected chi connectivity index (χ3v) is 6.84. The molecule has 9 heteroatoms. The number of benzene rings is 2. The predicted molar refractivity (Wildman–Crippen MR) is 153 cm³/mol. The van der Waals surface area contributed by atoms with E-state index in [0.717, 1.165) is 12.8 Å². The molecule has 0 saturated carbocycles. The van der Waals surface area contributed by atoms with Crippen molar-refractivity contribution in [3.8, 4) is 11.1 Å². The van der Waals surface area contributed by atoms with Gasteiger partial charge < -0.3 is 20.5 Å². The molecule has 3 aromatic rings. The van der Waals surface area contributed by atoms with Crippen LogP contribution in [0.1, 0.15) is 44.4 Å². The van der Waals surface area contributed by atoms with Gasteiger partial charge in [0.15, 0.2) is 0 Å². The van der Waals surface area contributed by atoms with Crippen LogP contribution < -0.4 is 16.6 Å². The summed E-state index contributed by atoms with van der Waals surface area (Å²) >= 11 is 0. The molecule has 0 bridgehead atoms. The van der Waals surface area contributed by atoms with Crippen LogP contribution in [0, 0.1) is 12.7 Å². The maximum atomic E-state index is 15.5. The van der Waals surface area contributed by atoms with Crippen LogP contribution >= 0.6 is 0 Å². The smallest absolute Gasteiger partial charge is 0.259 e. The lowest BCUT2D eigenvalue weighted by Crippen LogP contribution is -2.34. The second-order valence-electron chi connectivity index (χ2n) is 9.78. The fraction of sp³-hybridized carbons (Fsp3) is 0.333. The number of rotatable bonds is 8. The van der Waals surface area contributed by atoms with Crippen molar-refractivity contribution < 1.29 is 14.0 Å². The van der Waals surface area contributed by atoms with Gasteiger partial charge in [0.2, 0.25) is 11.8 Å². The third-order valence-electron chi connectivity index (χ3n) is 6.84. The van der Waals surface area contributed by atoms with Gasteiger partial charge in [0.25, 0.3) is 5.56 Å². The summed E-state index contributed by atoms with van der Waals surface area (Å²) in [6, 6.07) is 10.2. The molecule has 1 aliphatic heterocycles. The normalized spacial score (nSPS) is 12.8. The molecule has 0 atom stereocenters. The summed E-state index contributed by atoms with van der Waals surface area (Å²) < 4.78 is 17.0. The molecule has 0 spiro atoms. The number of pyridine rings is 1. The van der Waals surface area contributed by atoms with E-state index in [1.807, 2.05) is 26.0 Å². The Morgan fingerprint density at radius 1 is 1.10 bits per heavy atom. The van der Waals surface area contributed by atoms with Crippen molar-refractivity contribution in [3.63, 3.8) is 0 Å². The number of nitrogens with two attached hydrogens (primary N) is 1. The van der Waals surface area contributed by atoms with E-state index in [9.17, 15) is 14.4 Å².